The van der Waals surface area contributed by atoms with E-state index < -0.39 is 0 Å². The molecule has 1 saturated heterocycles. The van der Waals surface area contributed by atoms with Crippen molar-refractivity contribution in [1.29, 1.82) is 0 Å². The van der Waals surface area contributed by atoms with E-state index in [-0.39, 0.29) is 16.6 Å². The summed E-state index contributed by atoms with van der Waals surface area (Å²) in [4.78, 5) is 13.3. The summed E-state index contributed by atoms with van der Waals surface area (Å²) in [5.41, 5.74) is 1.36. The second-order valence-electron chi connectivity index (χ2n) is 4.05. The van der Waals surface area contributed by atoms with E-state index in [1.165, 1.54) is 11.0 Å². The highest BCUT2D eigenvalue weighted by Crippen LogP contribution is 2.27. The standard InChI is InChI=1S/C12H13BrFNO/c1-8-4-5-10(14)11(7-8)15-6-2-3-9(13)12(15)16/h4-5,7,9H,2-3,6H2,1H3. The van der Waals surface area contributed by atoms with E-state index in [9.17, 15) is 9.18 Å². The maximum Gasteiger partial charge on any atom is 0.240 e. The molecule has 0 radical (unpaired) electrons. The topological polar surface area (TPSA) is 20.3 Å². The Kier molecular flexibility index (Phi) is 3.28. The first-order valence-electron chi connectivity index (χ1n) is 5.31. The highest BCUT2D eigenvalue weighted by molar-refractivity contribution is 9.10. The van der Waals surface area contributed by atoms with Crippen LogP contribution in [0.3, 0.4) is 0 Å². The molecule has 1 atom stereocenters. The van der Waals surface area contributed by atoms with Gasteiger partial charge in [-0.25, -0.2) is 4.39 Å². The monoisotopic (exact) mass is 285 g/mol. The van der Waals surface area contributed by atoms with Crippen LogP contribution in [0.4, 0.5) is 10.1 Å². The van der Waals surface area contributed by atoms with E-state index in [1.807, 2.05) is 6.92 Å². The van der Waals surface area contributed by atoms with Gasteiger partial charge in [0.2, 0.25) is 5.91 Å². The third-order valence-corrected chi connectivity index (χ3v) is 3.62. The summed E-state index contributed by atoms with van der Waals surface area (Å²) in [5.74, 6) is -0.378. The largest absolute Gasteiger partial charge is 0.309 e. The third-order valence-electron chi connectivity index (χ3n) is 2.77. The molecule has 1 aliphatic heterocycles. The zero-order valence-corrected chi connectivity index (χ0v) is 10.6. The third kappa shape index (κ3) is 2.12. The highest BCUT2D eigenvalue weighted by Gasteiger charge is 2.28. The number of hydrogen-bond donors (Lipinski definition) is 0. The normalized spacial score (nSPS) is 21.3. The number of carbonyl (C=O) groups excluding carboxylic acids is 1. The molecule has 1 aromatic carbocycles. The Bertz CT molecular complexity index is 421. The molecular formula is C12H13BrFNO. The molecular weight excluding hydrogens is 273 g/mol. The average molecular weight is 286 g/mol. The first-order valence-corrected chi connectivity index (χ1v) is 6.23. The zero-order valence-electron chi connectivity index (χ0n) is 9.04. The fourth-order valence-electron chi connectivity index (χ4n) is 1.90. The number of amides is 1. The summed E-state index contributed by atoms with van der Waals surface area (Å²) in [6.45, 7) is 2.49. The zero-order chi connectivity index (χ0) is 11.7. The van der Waals surface area contributed by atoms with Crippen molar-refractivity contribution in [1.82, 2.24) is 0 Å². The van der Waals surface area contributed by atoms with Crippen LogP contribution in [0.1, 0.15) is 18.4 Å². The van der Waals surface area contributed by atoms with Gasteiger partial charge < -0.3 is 4.90 Å². The van der Waals surface area contributed by atoms with Crippen molar-refractivity contribution in [3.8, 4) is 0 Å². The number of carbonyl (C=O) groups is 1. The predicted octanol–water partition coefficient (Wildman–Crippen LogP) is 3.02. The first kappa shape index (κ1) is 11.6. The Hall–Kier alpha value is -0.900. The predicted molar refractivity (Wildman–Crippen MR) is 65.4 cm³/mol. The van der Waals surface area contributed by atoms with E-state index in [1.54, 1.807) is 12.1 Å². The minimum absolute atomic E-state index is 0.0456. The van der Waals surface area contributed by atoms with Crippen molar-refractivity contribution in [2.24, 2.45) is 0 Å². The number of rotatable bonds is 1. The van der Waals surface area contributed by atoms with E-state index >= 15 is 0 Å². The number of hydrogen-bond acceptors (Lipinski definition) is 1. The molecule has 0 aliphatic carbocycles. The van der Waals surface area contributed by atoms with Crippen molar-refractivity contribution in [3.63, 3.8) is 0 Å². The maximum atomic E-state index is 13.6. The lowest BCUT2D eigenvalue weighted by Gasteiger charge is -2.30. The van der Waals surface area contributed by atoms with Crippen LogP contribution in [0.2, 0.25) is 0 Å². The number of alkyl halides is 1. The lowest BCUT2D eigenvalue weighted by Crippen LogP contribution is -2.42. The van der Waals surface area contributed by atoms with Crippen LogP contribution in [0, 0.1) is 12.7 Å². The van der Waals surface area contributed by atoms with Crippen LogP contribution >= 0.6 is 15.9 Å². The van der Waals surface area contributed by atoms with Crippen molar-refractivity contribution in [2.45, 2.75) is 24.6 Å². The van der Waals surface area contributed by atoms with Gasteiger partial charge in [-0.3, -0.25) is 4.79 Å². The van der Waals surface area contributed by atoms with Gasteiger partial charge in [0.05, 0.1) is 10.5 Å². The molecule has 1 amide bonds. The molecule has 0 aromatic heterocycles. The van der Waals surface area contributed by atoms with Gasteiger partial charge in [-0.05, 0) is 37.5 Å². The lowest BCUT2D eigenvalue weighted by atomic mass is 10.1. The van der Waals surface area contributed by atoms with Gasteiger partial charge in [0.15, 0.2) is 0 Å². The second kappa shape index (κ2) is 4.53. The van der Waals surface area contributed by atoms with E-state index in [0.717, 1.165) is 18.4 Å². The van der Waals surface area contributed by atoms with Crippen LogP contribution in [-0.4, -0.2) is 17.3 Å². The van der Waals surface area contributed by atoms with Crippen molar-refractivity contribution in [3.05, 3.63) is 29.6 Å². The van der Waals surface area contributed by atoms with Gasteiger partial charge in [-0.15, -0.1) is 0 Å². The number of nitrogens with zero attached hydrogens (tertiary/aromatic N) is 1. The molecule has 16 heavy (non-hydrogen) atoms. The van der Waals surface area contributed by atoms with Gasteiger partial charge in [0.25, 0.3) is 0 Å². The summed E-state index contributed by atoms with van der Waals surface area (Å²) in [7, 11) is 0. The van der Waals surface area contributed by atoms with Crippen LogP contribution in [0.5, 0.6) is 0 Å². The maximum absolute atomic E-state index is 13.6. The average Bonchev–Trinajstić information content (AvgIpc) is 2.26. The van der Waals surface area contributed by atoms with Gasteiger partial charge in [-0.2, -0.15) is 0 Å². The number of anilines is 1. The molecule has 0 saturated carbocycles. The Morgan fingerprint density at radius 3 is 3.00 bits per heavy atom. The summed E-state index contributed by atoms with van der Waals surface area (Å²) in [6.07, 6.45) is 1.72. The Labute approximate surface area is 103 Å². The van der Waals surface area contributed by atoms with Gasteiger partial charge >= 0.3 is 0 Å². The van der Waals surface area contributed by atoms with Crippen LogP contribution in [0.25, 0.3) is 0 Å². The molecule has 0 bridgehead atoms. The van der Waals surface area contributed by atoms with Gasteiger partial charge in [0, 0.05) is 6.54 Å². The van der Waals surface area contributed by atoms with E-state index in [2.05, 4.69) is 15.9 Å². The Morgan fingerprint density at radius 1 is 1.50 bits per heavy atom. The minimum Gasteiger partial charge on any atom is -0.309 e. The van der Waals surface area contributed by atoms with Crippen LogP contribution < -0.4 is 4.90 Å². The Balaban J connectivity index is 2.35. The summed E-state index contributed by atoms with van der Waals surface area (Å²) < 4.78 is 13.6. The summed E-state index contributed by atoms with van der Waals surface area (Å²) in [5, 5.41) is 0. The van der Waals surface area contributed by atoms with E-state index in [4.69, 9.17) is 0 Å². The number of aryl methyl sites for hydroxylation is 1. The quantitative estimate of drug-likeness (QED) is 0.727. The second-order valence-corrected chi connectivity index (χ2v) is 5.16. The fraction of sp³-hybridized carbons (Fsp3) is 0.417. The van der Waals surface area contributed by atoms with Crippen LogP contribution in [-0.2, 0) is 4.79 Å². The molecule has 0 spiro atoms. The number of benzene rings is 1. The summed E-state index contributed by atoms with van der Waals surface area (Å²) in [6, 6.07) is 4.84. The van der Waals surface area contributed by atoms with Crippen molar-refractivity contribution >= 4 is 27.5 Å². The molecule has 1 aliphatic rings. The fourth-order valence-corrected chi connectivity index (χ4v) is 2.47. The molecule has 4 heteroatoms. The first-order chi connectivity index (χ1) is 7.59. The van der Waals surface area contributed by atoms with Gasteiger partial charge in [0.1, 0.15) is 5.82 Å². The number of piperidine rings is 1. The molecule has 1 unspecified atom stereocenters. The number of halogens is 2. The minimum atomic E-state index is -0.333. The molecule has 2 nitrogen and oxygen atoms in total. The smallest absolute Gasteiger partial charge is 0.240 e. The lowest BCUT2D eigenvalue weighted by molar-refractivity contribution is -0.118. The molecule has 86 valence electrons. The molecule has 2 rings (SSSR count). The van der Waals surface area contributed by atoms with Crippen molar-refractivity contribution < 1.29 is 9.18 Å². The highest BCUT2D eigenvalue weighted by atomic mass is 79.9. The van der Waals surface area contributed by atoms with E-state index in [0.29, 0.717) is 12.2 Å². The summed E-state index contributed by atoms with van der Waals surface area (Å²) >= 11 is 3.32. The Morgan fingerprint density at radius 2 is 2.25 bits per heavy atom. The SMILES string of the molecule is Cc1ccc(F)c(N2CCCC(Br)C2=O)c1. The van der Waals surface area contributed by atoms with Gasteiger partial charge in [-0.1, -0.05) is 22.0 Å². The molecule has 0 N–H and O–H groups in total. The van der Waals surface area contributed by atoms with Crippen LogP contribution in [0.15, 0.2) is 18.2 Å². The molecule has 1 heterocycles. The molecule has 1 fully saturated rings. The molecule has 1 aromatic rings. The van der Waals surface area contributed by atoms with Crippen molar-refractivity contribution in [2.75, 3.05) is 11.4 Å².